The summed E-state index contributed by atoms with van der Waals surface area (Å²) in [7, 11) is 3.26. The molecule has 0 amide bonds. The minimum atomic E-state index is -0.836. The molecular weight excluding hydrogens is 252 g/mol. The Labute approximate surface area is 119 Å². The molecule has 0 radical (unpaired) electrons. The van der Waals surface area contributed by atoms with Crippen molar-refractivity contribution >= 4 is 0 Å². The summed E-state index contributed by atoms with van der Waals surface area (Å²) in [6.07, 6.45) is 0. The molecule has 106 valence electrons. The molecule has 0 aliphatic carbocycles. The molecule has 3 heteroatoms. The van der Waals surface area contributed by atoms with Crippen molar-refractivity contribution in [2.24, 2.45) is 0 Å². The fraction of sp³-hybridized carbons (Fsp3) is 0.294. The molecule has 20 heavy (non-hydrogen) atoms. The largest absolute Gasteiger partial charge is 0.493 e. The van der Waals surface area contributed by atoms with Crippen molar-refractivity contribution in [3.05, 3.63) is 48.0 Å². The van der Waals surface area contributed by atoms with Gasteiger partial charge in [0.05, 0.1) is 19.8 Å². The van der Waals surface area contributed by atoms with E-state index in [1.54, 1.807) is 28.1 Å². The van der Waals surface area contributed by atoms with E-state index in [-0.39, 0.29) is 0 Å². The van der Waals surface area contributed by atoms with Crippen molar-refractivity contribution < 1.29 is 14.6 Å². The molecule has 2 aromatic carbocycles. The van der Waals surface area contributed by atoms with Crippen molar-refractivity contribution in [1.82, 2.24) is 0 Å². The van der Waals surface area contributed by atoms with Gasteiger partial charge in [-0.2, -0.15) is 0 Å². The van der Waals surface area contributed by atoms with E-state index in [0.717, 1.165) is 16.7 Å². The predicted molar refractivity (Wildman–Crippen MR) is 80.2 cm³/mol. The van der Waals surface area contributed by atoms with Gasteiger partial charge >= 0.3 is 0 Å². The molecule has 0 saturated heterocycles. The normalized spacial score (nSPS) is 11.2. The molecule has 2 rings (SSSR count). The van der Waals surface area contributed by atoms with Gasteiger partial charge in [-0.25, -0.2) is 0 Å². The third-order valence-corrected chi connectivity index (χ3v) is 3.31. The average molecular weight is 272 g/mol. The summed E-state index contributed by atoms with van der Waals surface area (Å²) in [6, 6.07) is 13.6. The van der Waals surface area contributed by atoms with Crippen molar-refractivity contribution in [3.63, 3.8) is 0 Å². The maximum absolute atomic E-state index is 9.99. The molecule has 0 heterocycles. The summed E-state index contributed by atoms with van der Waals surface area (Å²) in [5.41, 5.74) is 2.03. The molecule has 0 fully saturated rings. The van der Waals surface area contributed by atoms with Crippen molar-refractivity contribution in [3.8, 4) is 22.6 Å². The van der Waals surface area contributed by atoms with E-state index in [2.05, 4.69) is 0 Å². The first kappa shape index (κ1) is 14.4. The van der Waals surface area contributed by atoms with Crippen molar-refractivity contribution in [2.45, 2.75) is 19.4 Å². The Morgan fingerprint density at radius 3 is 2.05 bits per heavy atom. The van der Waals surface area contributed by atoms with Gasteiger partial charge < -0.3 is 14.6 Å². The molecule has 0 spiro atoms. The van der Waals surface area contributed by atoms with Gasteiger partial charge in [0.15, 0.2) is 11.5 Å². The van der Waals surface area contributed by atoms with Crippen LogP contribution in [0.15, 0.2) is 42.5 Å². The van der Waals surface area contributed by atoms with E-state index < -0.39 is 5.60 Å². The Morgan fingerprint density at radius 1 is 0.900 bits per heavy atom. The standard InChI is InChI=1S/C17H20O3/c1-17(2,18)13-10-8-12(9-11-13)14-6-5-7-15(19-3)16(14)20-4/h5-11,18H,1-4H3. The monoisotopic (exact) mass is 272 g/mol. The lowest BCUT2D eigenvalue weighted by molar-refractivity contribution is 0.0786. The SMILES string of the molecule is COc1cccc(-c2ccc(C(C)(C)O)cc2)c1OC. The second-order valence-electron chi connectivity index (χ2n) is 5.18. The highest BCUT2D eigenvalue weighted by Gasteiger charge is 2.16. The Kier molecular flexibility index (Phi) is 4.00. The zero-order valence-electron chi connectivity index (χ0n) is 12.3. The first-order chi connectivity index (χ1) is 9.47. The fourth-order valence-corrected chi connectivity index (χ4v) is 2.17. The van der Waals surface area contributed by atoms with Crippen molar-refractivity contribution in [2.75, 3.05) is 14.2 Å². The molecular formula is C17H20O3. The Hall–Kier alpha value is -2.00. The van der Waals surface area contributed by atoms with Gasteiger partial charge in [-0.1, -0.05) is 36.4 Å². The Morgan fingerprint density at radius 2 is 1.55 bits per heavy atom. The highest BCUT2D eigenvalue weighted by atomic mass is 16.5. The number of hydrogen-bond acceptors (Lipinski definition) is 3. The quantitative estimate of drug-likeness (QED) is 0.924. The van der Waals surface area contributed by atoms with Crippen LogP contribution in [0.25, 0.3) is 11.1 Å². The molecule has 0 aliphatic heterocycles. The third kappa shape index (κ3) is 2.78. The zero-order valence-corrected chi connectivity index (χ0v) is 12.3. The van der Waals surface area contributed by atoms with E-state index >= 15 is 0 Å². The number of rotatable bonds is 4. The zero-order chi connectivity index (χ0) is 14.8. The molecule has 2 aromatic rings. The van der Waals surface area contributed by atoms with Gasteiger partial charge in [-0.05, 0) is 31.0 Å². The molecule has 0 saturated carbocycles. The molecule has 0 bridgehead atoms. The van der Waals surface area contributed by atoms with Crippen LogP contribution in [0.5, 0.6) is 11.5 Å². The first-order valence-corrected chi connectivity index (χ1v) is 6.51. The van der Waals surface area contributed by atoms with Crippen LogP contribution in [0.3, 0.4) is 0 Å². The summed E-state index contributed by atoms with van der Waals surface area (Å²) < 4.78 is 10.8. The molecule has 0 aromatic heterocycles. The van der Waals surface area contributed by atoms with E-state index in [4.69, 9.17) is 9.47 Å². The summed E-state index contributed by atoms with van der Waals surface area (Å²) in [5, 5.41) is 9.99. The molecule has 0 aliphatic rings. The Bertz CT molecular complexity index is 580. The van der Waals surface area contributed by atoms with Crippen LogP contribution >= 0.6 is 0 Å². The number of benzene rings is 2. The summed E-state index contributed by atoms with van der Waals surface area (Å²) >= 11 is 0. The van der Waals surface area contributed by atoms with E-state index in [0.29, 0.717) is 11.5 Å². The molecule has 1 N–H and O–H groups in total. The van der Waals surface area contributed by atoms with Gasteiger partial charge in [0, 0.05) is 5.56 Å². The number of hydrogen-bond donors (Lipinski definition) is 1. The number of ether oxygens (including phenoxy) is 2. The summed E-state index contributed by atoms with van der Waals surface area (Å²) in [4.78, 5) is 0. The van der Waals surface area contributed by atoms with Crippen LogP contribution in [-0.2, 0) is 5.60 Å². The van der Waals surface area contributed by atoms with Gasteiger partial charge in [0.1, 0.15) is 0 Å². The Balaban J connectivity index is 2.47. The minimum Gasteiger partial charge on any atom is -0.493 e. The van der Waals surface area contributed by atoms with E-state index in [1.165, 1.54) is 0 Å². The fourth-order valence-electron chi connectivity index (χ4n) is 2.17. The second-order valence-corrected chi connectivity index (χ2v) is 5.18. The average Bonchev–Trinajstić information content (AvgIpc) is 2.45. The van der Waals surface area contributed by atoms with Crippen molar-refractivity contribution in [1.29, 1.82) is 0 Å². The van der Waals surface area contributed by atoms with Crippen LogP contribution in [0.1, 0.15) is 19.4 Å². The van der Waals surface area contributed by atoms with E-state index in [9.17, 15) is 5.11 Å². The molecule has 0 unspecified atom stereocenters. The van der Waals surface area contributed by atoms with Crippen LogP contribution in [0.4, 0.5) is 0 Å². The highest BCUT2D eigenvalue weighted by molar-refractivity contribution is 5.74. The first-order valence-electron chi connectivity index (χ1n) is 6.51. The maximum Gasteiger partial charge on any atom is 0.168 e. The van der Waals surface area contributed by atoms with Crippen LogP contribution in [0.2, 0.25) is 0 Å². The van der Waals surface area contributed by atoms with Gasteiger partial charge in [-0.3, -0.25) is 0 Å². The number of aliphatic hydroxyl groups is 1. The number of para-hydroxylation sites is 1. The van der Waals surface area contributed by atoms with Gasteiger partial charge in [0.2, 0.25) is 0 Å². The number of methoxy groups -OCH3 is 2. The predicted octanol–water partition coefficient (Wildman–Crippen LogP) is 3.60. The van der Waals surface area contributed by atoms with Crippen LogP contribution < -0.4 is 9.47 Å². The van der Waals surface area contributed by atoms with Crippen LogP contribution in [-0.4, -0.2) is 19.3 Å². The lowest BCUT2D eigenvalue weighted by Gasteiger charge is -2.18. The lowest BCUT2D eigenvalue weighted by atomic mass is 9.95. The van der Waals surface area contributed by atoms with Crippen LogP contribution in [0, 0.1) is 0 Å². The summed E-state index contributed by atoms with van der Waals surface area (Å²) in [5.74, 6) is 1.42. The van der Waals surface area contributed by atoms with Gasteiger partial charge in [0.25, 0.3) is 0 Å². The minimum absolute atomic E-state index is 0.705. The maximum atomic E-state index is 9.99. The lowest BCUT2D eigenvalue weighted by Crippen LogP contribution is -2.14. The molecule has 3 nitrogen and oxygen atoms in total. The smallest absolute Gasteiger partial charge is 0.168 e. The third-order valence-electron chi connectivity index (χ3n) is 3.31. The van der Waals surface area contributed by atoms with E-state index in [1.807, 2.05) is 42.5 Å². The van der Waals surface area contributed by atoms with Gasteiger partial charge in [-0.15, -0.1) is 0 Å². The highest BCUT2D eigenvalue weighted by Crippen LogP contribution is 2.38. The topological polar surface area (TPSA) is 38.7 Å². The second kappa shape index (κ2) is 5.55. The summed E-state index contributed by atoms with van der Waals surface area (Å²) in [6.45, 7) is 3.54. The molecule has 0 atom stereocenters.